The van der Waals surface area contributed by atoms with Crippen molar-refractivity contribution in [1.29, 1.82) is 0 Å². The lowest BCUT2D eigenvalue weighted by molar-refractivity contribution is 0.356. The van der Waals surface area contributed by atoms with Gasteiger partial charge < -0.3 is 9.47 Å². The van der Waals surface area contributed by atoms with Gasteiger partial charge in [-0.3, -0.25) is 0 Å². The van der Waals surface area contributed by atoms with Crippen LogP contribution in [0.25, 0.3) is 0 Å². The number of aryl methyl sites for hydroxylation is 1. The van der Waals surface area contributed by atoms with Crippen LogP contribution in [0.15, 0.2) is 42.5 Å². The van der Waals surface area contributed by atoms with Gasteiger partial charge in [0.05, 0.1) is 0 Å². The van der Waals surface area contributed by atoms with Crippen LogP contribution in [0, 0.1) is 0 Å². The number of alkyl halides is 1. The maximum atomic E-state index is 6.00. The van der Waals surface area contributed by atoms with Crippen LogP contribution in [0.2, 0.25) is 0 Å². The average Bonchev–Trinajstić information content (AvgIpc) is 2.46. The van der Waals surface area contributed by atoms with Crippen molar-refractivity contribution in [3.05, 3.63) is 48.0 Å². The zero-order chi connectivity index (χ0) is 13.1. The van der Waals surface area contributed by atoms with E-state index < -0.39 is 0 Å². The summed E-state index contributed by atoms with van der Waals surface area (Å²) in [5.41, 5.74) is 1.22. The third-order valence-corrected chi connectivity index (χ3v) is 3.73. The Hall–Kier alpha value is -1.48. The van der Waals surface area contributed by atoms with Gasteiger partial charge in [0.25, 0.3) is 0 Å². The van der Waals surface area contributed by atoms with E-state index >= 15 is 0 Å². The predicted molar refractivity (Wildman–Crippen MR) is 79.8 cm³/mol. The van der Waals surface area contributed by atoms with Crippen molar-refractivity contribution < 1.29 is 9.47 Å². The number of benzene rings is 2. The molecule has 0 radical (unpaired) electrons. The minimum Gasteiger partial charge on any atom is -0.450 e. The van der Waals surface area contributed by atoms with E-state index in [2.05, 4.69) is 22.0 Å². The summed E-state index contributed by atoms with van der Waals surface area (Å²) in [6.07, 6.45) is 3.33. The van der Waals surface area contributed by atoms with E-state index in [1.165, 1.54) is 12.0 Å². The molecule has 0 bridgehead atoms. The van der Waals surface area contributed by atoms with Crippen molar-refractivity contribution in [2.75, 3.05) is 5.33 Å². The monoisotopic (exact) mass is 318 g/mol. The van der Waals surface area contributed by atoms with Crippen LogP contribution >= 0.6 is 15.9 Å². The molecule has 98 valence electrons. The minimum atomic E-state index is 0.785. The van der Waals surface area contributed by atoms with Crippen molar-refractivity contribution in [3.63, 3.8) is 0 Å². The zero-order valence-electron chi connectivity index (χ0n) is 10.6. The molecule has 19 heavy (non-hydrogen) atoms. The van der Waals surface area contributed by atoms with Gasteiger partial charge >= 0.3 is 0 Å². The second-order valence-corrected chi connectivity index (χ2v) is 5.33. The van der Waals surface area contributed by atoms with E-state index in [4.69, 9.17) is 9.47 Å². The molecule has 0 unspecified atom stereocenters. The Morgan fingerprint density at radius 2 is 1.53 bits per heavy atom. The molecule has 0 amide bonds. The highest BCUT2D eigenvalue weighted by atomic mass is 79.9. The molecule has 2 aromatic carbocycles. The predicted octanol–water partition coefficient (Wildman–Crippen LogP) is 5.30. The van der Waals surface area contributed by atoms with Crippen LogP contribution in [-0.4, -0.2) is 5.33 Å². The highest BCUT2D eigenvalue weighted by Crippen LogP contribution is 2.46. The SMILES string of the molecule is BrCCCCc1cccc2c1Oc1ccccc1O2. The van der Waals surface area contributed by atoms with E-state index in [0.29, 0.717) is 0 Å². The molecule has 2 nitrogen and oxygen atoms in total. The third kappa shape index (κ3) is 2.61. The van der Waals surface area contributed by atoms with Gasteiger partial charge in [-0.25, -0.2) is 0 Å². The van der Waals surface area contributed by atoms with Gasteiger partial charge in [-0.05, 0) is 43.0 Å². The number of ether oxygens (including phenoxy) is 2. The fraction of sp³-hybridized carbons (Fsp3) is 0.250. The van der Waals surface area contributed by atoms with Crippen LogP contribution < -0.4 is 9.47 Å². The molecule has 0 spiro atoms. The molecule has 1 aliphatic rings. The van der Waals surface area contributed by atoms with Crippen molar-refractivity contribution in [1.82, 2.24) is 0 Å². The highest BCUT2D eigenvalue weighted by molar-refractivity contribution is 9.09. The molecule has 1 heterocycles. The lowest BCUT2D eigenvalue weighted by Gasteiger charge is -2.22. The number of halogens is 1. The second-order valence-electron chi connectivity index (χ2n) is 4.54. The molecule has 0 atom stereocenters. The molecule has 0 aliphatic carbocycles. The lowest BCUT2D eigenvalue weighted by Crippen LogP contribution is -2.01. The van der Waals surface area contributed by atoms with Crippen molar-refractivity contribution in [3.8, 4) is 23.0 Å². The standard InChI is InChI=1S/C16H15BrO2/c17-11-4-3-6-12-7-5-10-15-16(12)19-14-9-2-1-8-13(14)18-15/h1-2,5,7-10H,3-4,6,11H2. The summed E-state index contributed by atoms with van der Waals surface area (Å²) in [6, 6.07) is 13.9. The number of hydrogen-bond acceptors (Lipinski definition) is 2. The number of rotatable bonds is 4. The molecule has 0 saturated carbocycles. The summed E-state index contributed by atoms with van der Waals surface area (Å²) >= 11 is 3.46. The van der Waals surface area contributed by atoms with Crippen LogP contribution in [0.5, 0.6) is 23.0 Å². The summed E-state index contributed by atoms with van der Waals surface area (Å²) in [5, 5.41) is 1.04. The number of unbranched alkanes of at least 4 members (excludes halogenated alkanes) is 1. The van der Waals surface area contributed by atoms with Gasteiger partial charge in [-0.2, -0.15) is 0 Å². The van der Waals surface area contributed by atoms with Crippen molar-refractivity contribution in [2.24, 2.45) is 0 Å². The van der Waals surface area contributed by atoms with Gasteiger partial charge in [0.1, 0.15) is 0 Å². The maximum absolute atomic E-state index is 6.00. The van der Waals surface area contributed by atoms with Crippen LogP contribution in [0.3, 0.4) is 0 Å². The van der Waals surface area contributed by atoms with E-state index in [1.54, 1.807) is 0 Å². The first-order chi connectivity index (χ1) is 9.38. The molecule has 0 fully saturated rings. The van der Waals surface area contributed by atoms with Crippen LogP contribution in [-0.2, 0) is 6.42 Å². The molecular formula is C16H15BrO2. The van der Waals surface area contributed by atoms with Crippen molar-refractivity contribution in [2.45, 2.75) is 19.3 Å². The quantitative estimate of drug-likeness (QED) is 0.480. The summed E-state index contributed by atoms with van der Waals surface area (Å²) in [7, 11) is 0. The zero-order valence-corrected chi connectivity index (χ0v) is 12.2. The second kappa shape index (κ2) is 5.66. The molecule has 2 aromatic rings. The molecule has 3 heteroatoms. The smallest absolute Gasteiger partial charge is 0.173 e. The van der Waals surface area contributed by atoms with Gasteiger partial charge in [0.15, 0.2) is 23.0 Å². The number of para-hydroxylation sites is 3. The number of fused-ring (bicyclic) bond motifs is 2. The maximum Gasteiger partial charge on any atom is 0.173 e. The fourth-order valence-corrected chi connectivity index (χ4v) is 2.61. The topological polar surface area (TPSA) is 18.5 Å². The lowest BCUT2D eigenvalue weighted by atomic mass is 10.1. The molecule has 0 N–H and O–H groups in total. The Balaban J connectivity index is 1.88. The normalized spacial score (nSPS) is 12.1. The van der Waals surface area contributed by atoms with Gasteiger partial charge in [-0.1, -0.05) is 40.2 Å². The Morgan fingerprint density at radius 3 is 2.32 bits per heavy atom. The molecule has 3 rings (SSSR count). The Morgan fingerprint density at radius 1 is 0.789 bits per heavy atom. The summed E-state index contributed by atoms with van der Waals surface area (Å²) in [6.45, 7) is 0. The average molecular weight is 319 g/mol. The van der Waals surface area contributed by atoms with Gasteiger partial charge in [0, 0.05) is 5.33 Å². The first-order valence-corrected chi connectivity index (χ1v) is 7.63. The first-order valence-electron chi connectivity index (χ1n) is 6.51. The van der Waals surface area contributed by atoms with Gasteiger partial charge in [0.2, 0.25) is 0 Å². The van der Waals surface area contributed by atoms with Crippen LogP contribution in [0.4, 0.5) is 0 Å². The molecular weight excluding hydrogens is 304 g/mol. The summed E-state index contributed by atoms with van der Waals surface area (Å²) in [5.74, 6) is 3.27. The highest BCUT2D eigenvalue weighted by Gasteiger charge is 2.20. The number of hydrogen-bond donors (Lipinski definition) is 0. The Labute approximate surface area is 121 Å². The molecule has 0 aromatic heterocycles. The summed E-state index contributed by atoms with van der Waals surface area (Å²) < 4.78 is 11.9. The van der Waals surface area contributed by atoms with E-state index in [-0.39, 0.29) is 0 Å². The Kier molecular flexibility index (Phi) is 3.74. The fourth-order valence-electron chi connectivity index (χ4n) is 2.21. The third-order valence-electron chi connectivity index (χ3n) is 3.17. The van der Waals surface area contributed by atoms with Crippen molar-refractivity contribution >= 4 is 15.9 Å². The molecule has 1 aliphatic heterocycles. The van der Waals surface area contributed by atoms with E-state index in [1.807, 2.05) is 36.4 Å². The Bertz CT molecular complexity index is 581. The van der Waals surface area contributed by atoms with Gasteiger partial charge in [-0.15, -0.1) is 0 Å². The van der Waals surface area contributed by atoms with E-state index in [9.17, 15) is 0 Å². The van der Waals surface area contributed by atoms with E-state index in [0.717, 1.165) is 41.2 Å². The largest absolute Gasteiger partial charge is 0.450 e. The first kappa shape index (κ1) is 12.5. The summed E-state index contributed by atoms with van der Waals surface area (Å²) in [4.78, 5) is 0. The minimum absolute atomic E-state index is 0.785. The molecule has 0 saturated heterocycles. The van der Waals surface area contributed by atoms with Crippen LogP contribution in [0.1, 0.15) is 18.4 Å².